The number of benzene rings is 1. The topological polar surface area (TPSA) is 89.9 Å². The van der Waals surface area contributed by atoms with Gasteiger partial charge >= 0.3 is 0 Å². The smallest absolute Gasteiger partial charge is 0.225 e. The van der Waals surface area contributed by atoms with Crippen molar-refractivity contribution in [3.8, 4) is 5.75 Å². The number of likely N-dealkylation sites (tertiary alicyclic amines) is 1. The Morgan fingerprint density at radius 1 is 1.32 bits per heavy atom. The van der Waals surface area contributed by atoms with Gasteiger partial charge in [0.05, 0.1) is 11.6 Å². The van der Waals surface area contributed by atoms with Crippen LogP contribution in [0.2, 0.25) is 0 Å². The van der Waals surface area contributed by atoms with E-state index in [0.717, 1.165) is 17.7 Å². The van der Waals surface area contributed by atoms with Crippen molar-refractivity contribution in [1.82, 2.24) is 10.2 Å². The standard InChI is InChI=1S/C22H30N2O4/c1-20(2,3)19(27)23-16-11-22(28)18-9-13-5-6-14(25)10-15(13)21(22,12-17(16)26)7-8-24(18)4/h5-6,10,16,18,25,28H,7-9,11-12H2,1-4H3,(H,23,27)/t16-,18+,21+,22+/m0/s1. The van der Waals surface area contributed by atoms with Gasteiger partial charge in [-0.2, -0.15) is 0 Å². The summed E-state index contributed by atoms with van der Waals surface area (Å²) < 4.78 is 0. The first kappa shape index (κ1) is 19.4. The number of piperidine rings is 1. The molecule has 2 bridgehead atoms. The molecule has 2 fully saturated rings. The minimum absolute atomic E-state index is 0.0400. The van der Waals surface area contributed by atoms with Gasteiger partial charge in [0.25, 0.3) is 0 Å². The summed E-state index contributed by atoms with van der Waals surface area (Å²) in [6.45, 7) is 6.23. The molecule has 4 rings (SSSR count). The fourth-order valence-corrected chi connectivity index (χ4v) is 5.53. The highest BCUT2D eigenvalue weighted by atomic mass is 16.3. The first-order valence-electron chi connectivity index (χ1n) is 10.1. The van der Waals surface area contributed by atoms with Crippen LogP contribution in [0.1, 0.15) is 51.2 Å². The van der Waals surface area contributed by atoms with Gasteiger partial charge in [0.2, 0.25) is 5.91 Å². The molecule has 6 heteroatoms. The zero-order valence-electron chi connectivity index (χ0n) is 17.1. The molecule has 1 saturated carbocycles. The molecule has 28 heavy (non-hydrogen) atoms. The van der Waals surface area contributed by atoms with Crippen molar-refractivity contribution in [3.63, 3.8) is 0 Å². The van der Waals surface area contributed by atoms with Crippen LogP contribution in [-0.2, 0) is 21.4 Å². The predicted octanol–water partition coefficient (Wildman–Crippen LogP) is 1.52. The molecule has 6 nitrogen and oxygen atoms in total. The van der Waals surface area contributed by atoms with Gasteiger partial charge in [-0.1, -0.05) is 26.8 Å². The number of nitrogens with one attached hydrogen (secondary N) is 1. The maximum atomic E-state index is 13.1. The van der Waals surface area contributed by atoms with E-state index in [1.165, 1.54) is 0 Å². The molecule has 1 saturated heterocycles. The predicted molar refractivity (Wildman–Crippen MR) is 105 cm³/mol. The van der Waals surface area contributed by atoms with Gasteiger partial charge < -0.3 is 20.4 Å². The number of rotatable bonds is 1. The number of aromatic hydroxyl groups is 1. The van der Waals surface area contributed by atoms with Crippen molar-refractivity contribution in [2.45, 2.75) is 69.6 Å². The summed E-state index contributed by atoms with van der Waals surface area (Å²) in [5, 5.41) is 25.0. The molecule has 0 spiro atoms. The summed E-state index contributed by atoms with van der Waals surface area (Å²) in [5.41, 5.74) is -0.464. The van der Waals surface area contributed by atoms with E-state index >= 15 is 0 Å². The summed E-state index contributed by atoms with van der Waals surface area (Å²) in [6, 6.07) is 4.50. The fraction of sp³-hybridized carbons (Fsp3) is 0.636. The van der Waals surface area contributed by atoms with Crippen molar-refractivity contribution in [2.24, 2.45) is 5.41 Å². The van der Waals surface area contributed by atoms with Crippen molar-refractivity contribution in [2.75, 3.05) is 13.6 Å². The van der Waals surface area contributed by atoms with Gasteiger partial charge in [0, 0.05) is 29.7 Å². The van der Waals surface area contributed by atoms with E-state index in [0.29, 0.717) is 12.8 Å². The Morgan fingerprint density at radius 2 is 2.04 bits per heavy atom. The third-order valence-corrected chi connectivity index (χ3v) is 7.19. The number of likely N-dealkylation sites (N-methyl/N-ethyl adjacent to an activating group) is 1. The van der Waals surface area contributed by atoms with E-state index < -0.39 is 22.5 Å². The van der Waals surface area contributed by atoms with Crippen LogP contribution in [0.3, 0.4) is 0 Å². The molecule has 3 N–H and O–H groups in total. The average Bonchev–Trinajstić information content (AvgIpc) is 2.59. The zero-order chi connectivity index (χ0) is 20.5. The molecule has 3 aliphatic rings. The number of phenolic OH excluding ortho intramolecular Hbond substituents is 1. The van der Waals surface area contributed by atoms with E-state index in [2.05, 4.69) is 10.2 Å². The van der Waals surface area contributed by atoms with Gasteiger partial charge in [-0.15, -0.1) is 0 Å². The number of nitrogens with zero attached hydrogens (tertiary/aromatic N) is 1. The minimum atomic E-state index is -1.13. The van der Waals surface area contributed by atoms with Crippen molar-refractivity contribution in [3.05, 3.63) is 29.3 Å². The second kappa shape index (κ2) is 6.04. The maximum absolute atomic E-state index is 13.1. The first-order chi connectivity index (χ1) is 13.0. The lowest BCUT2D eigenvalue weighted by Crippen LogP contribution is -2.75. The highest BCUT2D eigenvalue weighted by Crippen LogP contribution is 2.57. The number of ketones is 1. The van der Waals surface area contributed by atoms with Crippen molar-refractivity contribution in [1.29, 1.82) is 0 Å². The number of fused-ring (bicyclic) bond motifs is 1. The van der Waals surface area contributed by atoms with Crippen LogP contribution in [0.4, 0.5) is 0 Å². The second-order valence-corrected chi connectivity index (χ2v) is 9.92. The third kappa shape index (κ3) is 2.61. The molecule has 0 radical (unpaired) electrons. The number of aliphatic hydroxyl groups is 1. The van der Waals surface area contributed by atoms with Crippen molar-refractivity contribution < 1.29 is 19.8 Å². The van der Waals surface area contributed by atoms with Crippen LogP contribution in [0, 0.1) is 5.41 Å². The van der Waals surface area contributed by atoms with Crippen molar-refractivity contribution >= 4 is 11.7 Å². The third-order valence-electron chi connectivity index (χ3n) is 7.19. The Balaban J connectivity index is 1.78. The quantitative estimate of drug-likeness (QED) is 0.681. The Bertz CT molecular complexity index is 845. The molecule has 0 aromatic heterocycles. The van der Waals surface area contributed by atoms with E-state index in [1.807, 2.05) is 33.9 Å². The lowest BCUT2D eigenvalue weighted by atomic mass is 9.48. The molecule has 1 aliphatic heterocycles. The Hall–Kier alpha value is -1.92. The molecule has 1 aromatic rings. The van der Waals surface area contributed by atoms with Gasteiger partial charge in [-0.3, -0.25) is 9.59 Å². The molecule has 4 atom stereocenters. The number of carbonyl (C=O) groups excluding carboxylic acids is 2. The van der Waals surface area contributed by atoms with Gasteiger partial charge in [-0.25, -0.2) is 0 Å². The monoisotopic (exact) mass is 386 g/mol. The molecule has 152 valence electrons. The second-order valence-electron chi connectivity index (χ2n) is 9.92. The SMILES string of the molecule is CN1CC[C@]23CC(=O)[C@@H](NC(=O)C(C)(C)C)C[C@@]2(O)[C@H]1Cc1ccc(O)cc13. The van der Waals surface area contributed by atoms with Gasteiger partial charge in [0.15, 0.2) is 5.78 Å². The lowest BCUT2D eigenvalue weighted by Gasteiger charge is -2.63. The van der Waals surface area contributed by atoms with Gasteiger partial charge in [-0.05, 0) is 49.7 Å². The number of amides is 1. The molecule has 2 aliphatic carbocycles. The minimum Gasteiger partial charge on any atom is -0.508 e. The maximum Gasteiger partial charge on any atom is 0.225 e. The normalized spacial score (nSPS) is 35.1. The fourth-order valence-electron chi connectivity index (χ4n) is 5.53. The summed E-state index contributed by atoms with van der Waals surface area (Å²) in [5.74, 6) is -0.0667. The van der Waals surface area contributed by atoms with E-state index in [4.69, 9.17) is 0 Å². The number of hydrogen-bond donors (Lipinski definition) is 3. The summed E-state index contributed by atoms with van der Waals surface area (Å²) in [6.07, 6.45) is 1.70. The molecule has 0 unspecified atom stereocenters. The Kier molecular flexibility index (Phi) is 4.18. The zero-order valence-corrected chi connectivity index (χ0v) is 17.1. The Morgan fingerprint density at radius 3 is 2.71 bits per heavy atom. The average molecular weight is 386 g/mol. The highest BCUT2D eigenvalue weighted by molar-refractivity contribution is 5.93. The Labute approximate surface area is 165 Å². The molecule has 1 aromatic carbocycles. The van der Waals surface area contributed by atoms with E-state index in [1.54, 1.807) is 12.1 Å². The molecule has 1 amide bonds. The summed E-state index contributed by atoms with van der Waals surface area (Å²) in [4.78, 5) is 27.8. The van der Waals surface area contributed by atoms with Crippen LogP contribution in [0.15, 0.2) is 18.2 Å². The van der Waals surface area contributed by atoms with Gasteiger partial charge in [0.1, 0.15) is 5.75 Å². The van der Waals surface area contributed by atoms with Crippen LogP contribution in [0.5, 0.6) is 5.75 Å². The number of Topliss-reactive ketones (excluding diaryl/α,β-unsaturated/α-hetero) is 1. The largest absolute Gasteiger partial charge is 0.508 e. The molecular weight excluding hydrogens is 356 g/mol. The molecular formula is C22H30N2O4. The first-order valence-corrected chi connectivity index (χ1v) is 10.1. The molecule has 1 heterocycles. The van der Waals surface area contributed by atoms with Crippen LogP contribution >= 0.6 is 0 Å². The van der Waals surface area contributed by atoms with Crippen LogP contribution < -0.4 is 5.32 Å². The number of hydrogen-bond acceptors (Lipinski definition) is 5. The number of carbonyl (C=O) groups is 2. The van der Waals surface area contributed by atoms with Crippen LogP contribution in [-0.4, -0.2) is 58.1 Å². The summed E-state index contributed by atoms with van der Waals surface area (Å²) >= 11 is 0. The van der Waals surface area contributed by atoms with E-state index in [9.17, 15) is 19.8 Å². The lowest BCUT2D eigenvalue weighted by molar-refractivity contribution is -0.174. The summed E-state index contributed by atoms with van der Waals surface area (Å²) in [7, 11) is 2.01. The highest BCUT2D eigenvalue weighted by Gasteiger charge is 2.66. The number of phenols is 1. The van der Waals surface area contributed by atoms with Crippen LogP contribution in [0.25, 0.3) is 0 Å². The van der Waals surface area contributed by atoms with E-state index in [-0.39, 0.29) is 36.3 Å².